The molecule has 0 unspecified atom stereocenters. The first-order chi connectivity index (χ1) is 5.93. The third kappa shape index (κ3) is 3.74. The molecule has 0 saturated heterocycles. The van der Waals surface area contributed by atoms with E-state index in [1.807, 2.05) is 0 Å². The highest BCUT2D eigenvalue weighted by Crippen LogP contribution is 2.14. The molecule has 0 N–H and O–H groups in total. The molecule has 69 valence electrons. The molecule has 0 amide bonds. The predicted octanol–water partition coefficient (Wildman–Crippen LogP) is 3.30. The topological polar surface area (TPSA) is 32.3 Å². The minimum absolute atomic E-state index is 0.900. The van der Waals surface area contributed by atoms with Crippen LogP contribution in [0.1, 0.15) is 57.8 Å². The van der Waals surface area contributed by atoms with Gasteiger partial charge in [-0.1, -0.05) is 32.1 Å². The average Bonchev–Trinajstić information content (AvgIpc) is 2.14. The highest BCUT2D eigenvalue weighted by atomic mass is 16.4. The van der Waals surface area contributed by atoms with E-state index in [1.165, 1.54) is 44.9 Å². The summed E-state index contributed by atoms with van der Waals surface area (Å²) in [6.07, 6.45) is 10.8. The van der Waals surface area contributed by atoms with Crippen LogP contribution >= 0.6 is 0 Å². The number of hydrogen-bond donors (Lipinski definition) is 0. The largest absolute Gasteiger partial charge is 0.145 e. The third-order valence-electron chi connectivity index (χ3n) is 2.56. The zero-order chi connectivity index (χ0) is 8.65. The SMILES string of the molecule is [O]N=C1CCCCCCCCC1. The minimum Gasteiger partial charge on any atom is -0.145 e. The highest BCUT2D eigenvalue weighted by Gasteiger charge is 2.03. The van der Waals surface area contributed by atoms with Crippen molar-refractivity contribution in [2.45, 2.75) is 57.8 Å². The average molecular weight is 168 g/mol. The van der Waals surface area contributed by atoms with Gasteiger partial charge in [0.1, 0.15) is 0 Å². The van der Waals surface area contributed by atoms with E-state index < -0.39 is 0 Å². The van der Waals surface area contributed by atoms with Crippen molar-refractivity contribution >= 4 is 5.71 Å². The van der Waals surface area contributed by atoms with Crippen molar-refractivity contribution in [3.05, 3.63) is 0 Å². The fourth-order valence-electron chi connectivity index (χ4n) is 1.76. The molecule has 0 bridgehead atoms. The lowest BCUT2D eigenvalue weighted by Crippen LogP contribution is -2.00. The molecule has 0 aliphatic heterocycles. The van der Waals surface area contributed by atoms with Crippen LogP contribution in [0.4, 0.5) is 0 Å². The van der Waals surface area contributed by atoms with Crippen molar-refractivity contribution in [3.8, 4) is 0 Å². The summed E-state index contributed by atoms with van der Waals surface area (Å²) < 4.78 is 0. The van der Waals surface area contributed by atoms with E-state index in [1.54, 1.807) is 0 Å². The van der Waals surface area contributed by atoms with Gasteiger partial charge in [-0.2, -0.15) is 0 Å². The van der Waals surface area contributed by atoms with Crippen molar-refractivity contribution in [3.63, 3.8) is 0 Å². The molecule has 0 aromatic carbocycles. The molecule has 1 aliphatic carbocycles. The van der Waals surface area contributed by atoms with E-state index in [9.17, 15) is 5.21 Å². The number of hydrogen-bond acceptors (Lipinski definition) is 1. The molecule has 1 radical (unpaired) electrons. The van der Waals surface area contributed by atoms with Crippen LogP contribution in [0.3, 0.4) is 0 Å². The molecule has 1 saturated carbocycles. The summed E-state index contributed by atoms with van der Waals surface area (Å²) in [5, 5.41) is 13.4. The summed E-state index contributed by atoms with van der Waals surface area (Å²) in [5.41, 5.74) is 0.900. The van der Waals surface area contributed by atoms with Crippen molar-refractivity contribution in [2.75, 3.05) is 0 Å². The Bertz CT molecular complexity index is 131. The van der Waals surface area contributed by atoms with Crippen LogP contribution in [0.5, 0.6) is 0 Å². The lowest BCUT2D eigenvalue weighted by Gasteiger charge is -2.07. The molecule has 1 fully saturated rings. The maximum absolute atomic E-state index is 10.3. The molecule has 0 atom stereocenters. The molecule has 0 aromatic rings. The van der Waals surface area contributed by atoms with E-state index in [2.05, 4.69) is 5.16 Å². The molecule has 2 heteroatoms. The van der Waals surface area contributed by atoms with Crippen molar-refractivity contribution < 1.29 is 5.21 Å². The molecule has 2 nitrogen and oxygen atoms in total. The second-order valence-corrected chi connectivity index (χ2v) is 3.63. The summed E-state index contributed by atoms with van der Waals surface area (Å²) >= 11 is 0. The summed E-state index contributed by atoms with van der Waals surface area (Å²) in [5.74, 6) is 0. The zero-order valence-electron chi connectivity index (χ0n) is 7.72. The second kappa shape index (κ2) is 6.04. The van der Waals surface area contributed by atoms with Crippen LogP contribution in [0.25, 0.3) is 0 Å². The Morgan fingerprint density at radius 1 is 0.750 bits per heavy atom. The number of nitrogens with zero attached hydrogens (tertiary/aromatic N) is 1. The van der Waals surface area contributed by atoms with Gasteiger partial charge in [-0.15, -0.1) is 5.21 Å². The van der Waals surface area contributed by atoms with Crippen LogP contribution in [0.2, 0.25) is 0 Å². The van der Waals surface area contributed by atoms with E-state index in [-0.39, 0.29) is 0 Å². The second-order valence-electron chi connectivity index (χ2n) is 3.63. The summed E-state index contributed by atoms with van der Waals surface area (Å²) in [6.45, 7) is 0. The molecule has 0 heterocycles. The maximum Gasteiger partial charge on any atom is 0.0624 e. The third-order valence-corrected chi connectivity index (χ3v) is 2.56. The molecular weight excluding hydrogens is 150 g/mol. The maximum atomic E-state index is 10.3. The standard InChI is InChI=1S/C10H18NO/c12-11-10-8-6-4-2-1-3-5-7-9-10/h1-9H2. The van der Waals surface area contributed by atoms with Gasteiger partial charge in [0.2, 0.25) is 0 Å². The smallest absolute Gasteiger partial charge is 0.0624 e. The van der Waals surface area contributed by atoms with Gasteiger partial charge in [0.15, 0.2) is 0 Å². The van der Waals surface area contributed by atoms with Crippen molar-refractivity contribution in [1.82, 2.24) is 0 Å². The fraction of sp³-hybridized carbons (Fsp3) is 0.900. The molecule has 0 aromatic heterocycles. The Balaban J connectivity index is 2.27. The van der Waals surface area contributed by atoms with Gasteiger partial charge in [0.05, 0.1) is 5.71 Å². The molecule has 12 heavy (non-hydrogen) atoms. The minimum atomic E-state index is 0.900. The molecule has 0 spiro atoms. The monoisotopic (exact) mass is 168 g/mol. The molecule has 1 aliphatic rings. The van der Waals surface area contributed by atoms with Gasteiger partial charge in [-0.25, -0.2) is 0 Å². The van der Waals surface area contributed by atoms with Gasteiger partial charge in [0, 0.05) is 0 Å². The molecular formula is C10H18NO. The summed E-state index contributed by atoms with van der Waals surface area (Å²) in [4.78, 5) is 0. The van der Waals surface area contributed by atoms with E-state index in [0.29, 0.717) is 0 Å². The van der Waals surface area contributed by atoms with E-state index in [0.717, 1.165) is 18.6 Å². The quantitative estimate of drug-likeness (QED) is 0.497. The Morgan fingerprint density at radius 2 is 1.17 bits per heavy atom. The Morgan fingerprint density at radius 3 is 1.58 bits per heavy atom. The predicted molar refractivity (Wildman–Crippen MR) is 49.7 cm³/mol. The Hall–Kier alpha value is -0.530. The summed E-state index contributed by atoms with van der Waals surface area (Å²) in [7, 11) is 0. The van der Waals surface area contributed by atoms with Crippen LogP contribution in [0, 0.1) is 0 Å². The first kappa shape index (κ1) is 9.56. The van der Waals surface area contributed by atoms with Crippen molar-refractivity contribution in [2.24, 2.45) is 5.16 Å². The van der Waals surface area contributed by atoms with Crippen LogP contribution in [-0.4, -0.2) is 5.71 Å². The zero-order valence-corrected chi connectivity index (χ0v) is 7.72. The van der Waals surface area contributed by atoms with Crippen LogP contribution in [0.15, 0.2) is 5.16 Å². The lowest BCUT2D eigenvalue weighted by atomic mass is 10.00. The van der Waals surface area contributed by atoms with Gasteiger partial charge in [-0.3, -0.25) is 0 Å². The first-order valence-electron chi connectivity index (χ1n) is 5.11. The van der Waals surface area contributed by atoms with Crippen LogP contribution < -0.4 is 0 Å². The Kier molecular flexibility index (Phi) is 4.81. The summed E-state index contributed by atoms with van der Waals surface area (Å²) in [6, 6.07) is 0. The lowest BCUT2D eigenvalue weighted by molar-refractivity contribution is 0.207. The number of rotatable bonds is 0. The highest BCUT2D eigenvalue weighted by molar-refractivity contribution is 5.83. The normalized spacial score (nSPS) is 21.8. The van der Waals surface area contributed by atoms with Crippen LogP contribution in [-0.2, 0) is 5.21 Å². The van der Waals surface area contributed by atoms with E-state index in [4.69, 9.17) is 0 Å². The van der Waals surface area contributed by atoms with Gasteiger partial charge < -0.3 is 0 Å². The first-order valence-corrected chi connectivity index (χ1v) is 5.11. The Labute approximate surface area is 74.7 Å². The van der Waals surface area contributed by atoms with E-state index >= 15 is 0 Å². The van der Waals surface area contributed by atoms with Gasteiger partial charge in [0.25, 0.3) is 0 Å². The molecule has 1 rings (SSSR count). The van der Waals surface area contributed by atoms with Gasteiger partial charge in [-0.05, 0) is 30.8 Å². The van der Waals surface area contributed by atoms with Gasteiger partial charge >= 0.3 is 0 Å². The fourth-order valence-corrected chi connectivity index (χ4v) is 1.76. The van der Waals surface area contributed by atoms with Crippen molar-refractivity contribution in [1.29, 1.82) is 0 Å².